The van der Waals surface area contributed by atoms with Gasteiger partial charge in [-0.3, -0.25) is 62.9 Å². The van der Waals surface area contributed by atoms with E-state index in [1.165, 1.54) is 13.8 Å². The number of aliphatic imine (C=N–C) groups is 3. The maximum absolute atomic E-state index is 14.7. The summed E-state index contributed by atoms with van der Waals surface area (Å²) in [7, 11) is 1.63. The quantitative estimate of drug-likeness (QED) is 0.0130. The van der Waals surface area contributed by atoms with Gasteiger partial charge >= 0.3 is 5.97 Å². The van der Waals surface area contributed by atoms with Crippen LogP contribution in [-0.2, 0) is 63.9 Å². The molecule has 1 aromatic carbocycles. The lowest BCUT2D eigenvalue weighted by molar-refractivity contribution is -0.157. The number of likely N-dealkylation sites (N-methyl/N-ethyl adjacent to an activating group) is 1. The number of hydrogen-bond donors (Lipinski definition) is 18. The highest BCUT2D eigenvalue weighted by molar-refractivity contribution is 5.99. The molecule has 1 aliphatic heterocycles. The lowest BCUT2D eigenvalue weighted by atomic mass is 9.94. The molecule has 33 heteroatoms. The van der Waals surface area contributed by atoms with E-state index in [9.17, 15) is 57.8 Å². The molecule has 33 nitrogen and oxygen atoms in total. The molecule has 95 heavy (non-hydrogen) atoms. The molecule has 0 spiro atoms. The van der Waals surface area contributed by atoms with Crippen LogP contribution >= 0.6 is 0 Å². The maximum Gasteiger partial charge on any atom is 0.329 e. The third-order valence-electron chi connectivity index (χ3n) is 16.7. The van der Waals surface area contributed by atoms with Crippen LogP contribution in [0.2, 0.25) is 0 Å². The first-order chi connectivity index (χ1) is 44.9. The van der Waals surface area contributed by atoms with Crippen LogP contribution in [-0.4, -0.2) is 194 Å². The van der Waals surface area contributed by atoms with Crippen molar-refractivity contribution in [2.24, 2.45) is 73.1 Å². The number of nitrogens with two attached hydrogens (primary N) is 6. The first-order valence-electron chi connectivity index (χ1n) is 32.6. The van der Waals surface area contributed by atoms with Crippen molar-refractivity contribution in [1.29, 1.82) is 0 Å². The summed E-state index contributed by atoms with van der Waals surface area (Å²) in [6, 6.07) is -5.58. The van der Waals surface area contributed by atoms with E-state index in [2.05, 4.69) is 73.5 Å². The Morgan fingerprint density at radius 1 is 0.537 bits per heavy atom. The van der Waals surface area contributed by atoms with Crippen molar-refractivity contribution in [3.05, 3.63) is 35.9 Å². The number of cyclic esters (lactones) is 1. The number of amides is 10. The fourth-order valence-corrected chi connectivity index (χ4v) is 9.90. The van der Waals surface area contributed by atoms with Gasteiger partial charge in [0.25, 0.3) is 0 Å². The Morgan fingerprint density at radius 2 is 0.968 bits per heavy atom. The average molecular weight is 1340 g/mol. The molecule has 0 radical (unpaired) electrons. The smallest absolute Gasteiger partial charge is 0.329 e. The second-order valence-electron chi connectivity index (χ2n) is 24.2. The van der Waals surface area contributed by atoms with Crippen LogP contribution in [0.15, 0.2) is 45.3 Å². The normalized spacial score (nSPS) is 20.2. The van der Waals surface area contributed by atoms with E-state index < -0.39 is 168 Å². The molecule has 1 aliphatic rings. The minimum atomic E-state index is -1.83. The molecular weight excluding hydrogens is 1230 g/mol. The molecule has 16 atom stereocenters. The second kappa shape index (κ2) is 42.4. The molecule has 10 amide bonds. The van der Waals surface area contributed by atoms with Crippen LogP contribution in [0.5, 0.6) is 0 Å². The number of carbonyl (C=O) groups is 11. The highest BCUT2D eigenvalue weighted by Crippen LogP contribution is 2.18. The number of rotatable bonds is 38. The summed E-state index contributed by atoms with van der Waals surface area (Å²) >= 11 is 0. The Hall–Kier alpha value is -8.88. The Morgan fingerprint density at radius 3 is 1.42 bits per heavy atom. The van der Waals surface area contributed by atoms with E-state index in [1.54, 1.807) is 55.5 Å². The summed E-state index contributed by atoms with van der Waals surface area (Å²) < 4.78 is 5.74. The predicted octanol–water partition coefficient (Wildman–Crippen LogP) is -4.03. The second-order valence-corrected chi connectivity index (χ2v) is 24.2. The largest absolute Gasteiger partial charge is 0.458 e. The molecule has 0 saturated carbocycles. The van der Waals surface area contributed by atoms with E-state index in [0.717, 1.165) is 5.56 Å². The molecule has 1 aromatic rings. The Balaban J connectivity index is 2.57. The monoisotopic (exact) mass is 1340 g/mol. The van der Waals surface area contributed by atoms with Crippen molar-refractivity contribution in [3.8, 4) is 0 Å². The van der Waals surface area contributed by atoms with E-state index in [-0.39, 0.29) is 82.5 Å². The van der Waals surface area contributed by atoms with Crippen molar-refractivity contribution in [2.45, 2.75) is 212 Å². The van der Waals surface area contributed by atoms with Gasteiger partial charge in [-0.05, 0) is 95.1 Å². The van der Waals surface area contributed by atoms with Gasteiger partial charge in [-0.15, -0.1) is 0 Å². The number of ether oxygens (including phenoxy) is 1. The Kier molecular flexibility index (Phi) is 36.7. The van der Waals surface area contributed by atoms with Crippen LogP contribution in [0.3, 0.4) is 0 Å². The van der Waals surface area contributed by atoms with Crippen molar-refractivity contribution in [1.82, 2.24) is 58.5 Å². The van der Waals surface area contributed by atoms with Crippen LogP contribution in [0.1, 0.15) is 139 Å². The van der Waals surface area contributed by atoms with Crippen LogP contribution in [0.25, 0.3) is 0 Å². The summed E-state index contributed by atoms with van der Waals surface area (Å²) in [6.07, 6.45) is 0.418. The number of nitrogens with one attached hydrogen (secondary N) is 11. The van der Waals surface area contributed by atoms with E-state index >= 15 is 0 Å². The predicted molar refractivity (Wildman–Crippen MR) is 358 cm³/mol. The standard InChI is InChI=1S/C62H108N20O13/c1-12-32(5)44(79-53(88)42(69-11)30-38-22-17-16-18-23-38)55(90)75-40(25-20-28-71-61(65)66)51(86)74-41(26-21-29-72-62(67)68)52(87)78-46(34(7)14-3)57(92)80-45(33(6)13-2)56(91)77-43(31-83)54(89)82-48-37(10)95-59(94)47(35(8)15-4)81-49(84)36(9)73-50(85)39(76-58(48)93)24-19-27-70-60(63)64/h16-18,22-23,32-37,39-48,69,83H,12-15,19-21,24-31H2,1-11H3,(H,73,85)(H,74,86)(H,75,90)(H,76,93)(H,77,91)(H,78,87)(H,79,88)(H,80,92)(H,81,84)(H,82,89)(H4,63,64,70)(H4,65,66,71)(H4,67,68,72)/t32-,33-,34+,35-,36-,37-,39-,40-,41+,42+,43-,44-,45-,46+,47-,48+/m0/s1. The molecule has 0 aromatic heterocycles. The average Bonchev–Trinajstić information content (AvgIpc) is 1.74. The molecule has 24 N–H and O–H groups in total. The summed E-state index contributed by atoms with van der Waals surface area (Å²) in [5, 5.41) is 40.2. The molecule has 1 fully saturated rings. The van der Waals surface area contributed by atoms with Crippen molar-refractivity contribution >= 4 is 82.9 Å². The number of hydrogen-bond acceptors (Lipinski definition) is 17. The highest BCUT2D eigenvalue weighted by Gasteiger charge is 2.41. The molecule has 0 unspecified atom stereocenters. The molecular formula is C62H108N20O13. The lowest BCUT2D eigenvalue weighted by Crippen LogP contribution is -2.63. The highest BCUT2D eigenvalue weighted by atomic mass is 16.5. The van der Waals surface area contributed by atoms with Gasteiger partial charge in [0.2, 0.25) is 59.1 Å². The van der Waals surface area contributed by atoms with Crippen molar-refractivity contribution in [3.63, 3.8) is 0 Å². The van der Waals surface area contributed by atoms with Gasteiger partial charge in [0.1, 0.15) is 66.5 Å². The number of benzene rings is 1. The van der Waals surface area contributed by atoms with Gasteiger partial charge in [0.05, 0.1) is 12.6 Å². The molecule has 0 bridgehead atoms. The van der Waals surface area contributed by atoms with Gasteiger partial charge < -0.3 is 103 Å². The van der Waals surface area contributed by atoms with Gasteiger partial charge in [0, 0.05) is 19.6 Å². The molecule has 2 rings (SSSR count). The molecule has 1 saturated heterocycles. The lowest BCUT2D eigenvalue weighted by Gasteiger charge is -2.32. The SMILES string of the molecule is CC[C@@H](C)[C@@H](NC(=O)[C@@H](CCCN=C(N)N)NC(=O)[C@H](CCCN=C(N)N)NC(=O)[C@@H](NC(=O)[C@@H](Cc1ccccc1)NC)[C@@H](C)CC)C(=O)N[C@H](C(=O)N[C@@H](CO)C(=O)N[C@H]1C(=O)N[C@@H](CCCN=C(N)N)C(=O)N[C@@H](C)C(=O)N[C@@H]([C@@H](C)CC)C(=O)O[C@H]1C)[C@@H](C)CC. The third-order valence-corrected chi connectivity index (χ3v) is 16.7. The first-order valence-corrected chi connectivity index (χ1v) is 32.6. The molecule has 0 aliphatic carbocycles. The fourth-order valence-electron chi connectivity index (χ4n) is 9.90. The zero-order valence-electron chi connectivity index (χ0n) is 56.9. The number of guanidine groups is 3. The number of esters is 1. The third kappa shape index (κ3) is 28.3. The Labute approximate surface area is 556 Å². The van der Waals surface area contributed by atoms with Crippen molar-refractivity contribution < 1.29 is 62.6 Å². The summed E-state index contributed by atoms with van der Waals surface area (Å²) in [5.74, 6) is -12.3. The summed E-state index contributed by atoms with van der Waals surface area (Å²) in [4.78, 5) is 168. The topological polar surface area (TPSA) is 543 Å². The molecule has 1 heterocycles. The number of aliphatic hydroxyl groups is 1. The van der Waals surface area contributed by atoms with Crippen LogP contribution in [0, 0.1) is 23.7 Å². The zero-order chi connectivity index (χ0) is 71.6. The van der Waals surface area contributed by atoms with E-state index in [4.69, 9.17) is 39.1 Å². The summed E-state index contributed by atoms with van der Waals surface area (Å²) in [5.41, 5.74) is 34.2. The van der Waals surface area contributed by atoms with E-state index in [1.807, 2.05) is 37.3 Å². The Bertz CT molecular complexity index is 2780. The van der Waals surface area contributed by atoms with E-state index in [0.29, 0.717) is 25.7 Å². The van der Waals surface area contributed by atoms with Gasteiger partial charge in [-0.2, -0.15) is 0 Å². The van der Waals surface area contributed by atoms with Crippen LogP contribution < -0.4 is 92.9 Å². The minimum Gasteiger partial charge on any atom is -0.458 e. The summed E-state index contributed by atoms with van der Waals surface area (Å²) in [6.45, 7) is 15.5. The van der Waals surface area contributed by atoms with Crippen molar-refractivity contribution in [2.75, 3.05) is 33.3 Å². The fraction of sp³-hybridized carbons (Fsp3) is 0.677. The minimum absolute atomic E-state index is 0.0179. The van der Waals surface area contributed by atoms with Gasteiger partial charge in [-0.25, -0.2) is 4.79 Å². The van der Waals surface area contributed by atoms with Crippen LogP contribution in [0.4, 0.5) is 0 Å². The van der Waals surface area contributed by atoms with Gasteiger partial charge in [0.15, 0.2) is 17.9 Å². The maximum atomic E-state index is 14.7. The first kappa shape index (κ1) is 82.2. The van der Waals surface area contributed by atoms with Gasteiger partial charge in [-0.1, -0.05) is 111 Å². The number of carbonyl (C=O) groups excluding carboxylic acids is 11. The zero-order valence-corrected chi connectivity index (χ0v) is 56.9. The number of aliphatic hydroxyl groups excluding tert-OH is 1. The number of nitrogens with zero attached hydrogens (tertiary/aromatic N) is 3. The molecule has 534 valence electrons.